The highest BCUT2D eigenvalue weighted by atomic mass is 16.5. The summed E-state index contributed by atoms with van der Waals surface area (Å²) >= 11 is 0. The average molecular weight is 389 g/mol. The Labute approximate surface area is 171 Å². The minimum atomic E-state index is 0.253. The Morgan fingerprint density at radius 1 is 1.07 bits per heavy atom. The number of aromatic amines is 1. The third-order valence-corrected chi connectivity index (χ3v) is 6.29. The van der Waals surface area contributed by atoms with E-state index in [1.165, 1.54) is 45.3 Å². The van der Waals surface area contributed by atoms with Gasteiger partial charge in [0.2, 0.25) is 0 Å². The van der Waals surface area contributed by atoms with E-state index in [2.05, 4.69) is 64.5 Å². The number of aliphatic hydroxyl groups is 1. The van der Waals surface area contributed by atoms with E-state index in [-0.39, 0.29) is 6.61 Å². The van der Waals surface area contributed by atoms with Gasteiger partial charge in [-0.3, -0.25) is 4.90 Å². The third-order valence-electron chi connectivity index (χ3n) is 6.29. The summed E-state index contributed by atoms with van der Waals surface area (Å²) in [5, 5.41) is 10.8. The SMILES string of the molecule is OC[C@H]1CCCN1Cc1cc2cc(-c3cccc(C4=CCOCC4)c3)ccc2[nH]1. The molecule has 5 rings (SSSR count). The van der Waals surface area contributed by atoms with Gasteiger partial charge in [-0.05, 0) is 72.3 Å². The molecular weight excluding hydrogens is 360 g/mol. The molecule has 0 amide bonds. The fourth-order valence-electron chi connectivity index (χ4n) is 4.67. The molecule has 1 saturated heterocycles. The van der Waals surface area contributed by atoms with Crippen molar-refractivity contribution in [2.45, 2.75) is 31.8 Å². The van der Waals surface area contributed by atoms with Gasteiger partial charge in [0, 0.05) is 29.2 Å². The van der Waals surface area contributed by atoms with Crippen LogP contribution in [0.5, 0.6) is 0 Å². The molecule has 2 aromatic carbocycles. The molecule has 2 aliphatic rings. The molecule has 0 radical (unpaired) electrons. The number of aliphatic hydroxyl groups excluding tert-OH is 1. The quantitative estimate of drug-likeness (QED) is 0.672. The van der Waals surface area contributed by atoms with Crippen molar-refractivity contribution in [3.05, 3.63) is 65.9 Å². The zero-order chi connectivity index (χ0) is 19.6. The van der Waals surface area contributed by atoms with Crippen LogP contribution in [0.25, 0.3) is 27.6 Å². The number of rotatable bonds is 5. The maximum atomic E-state index is 9.57. The molecule has 2 aliphatic heterocycles. The summed E-state index contributed by atoms with van der Waals surface area (Å²) in [4.78, 5) is 5.95. The lowest BCUT2D eigenvalue weighted by atomic mass is 9.96. The van der Waals surface area contributed by atoms with Crippen LogP contribution in [0.1, 0.15) is 30.5 Å². The fraction of sp³-hybridized carbons (Fsp3) is 0.360. The van der Waals surface area contributed by atoms with Crippen LogP contribution in [-0.4, -0.2) is 47.4 Å². The first-order valence-corrected chi connectivity index (χ1v) is 10.6. The van der Waals surface area contributed by atoms with Gasteiger partial charge in [-0.1, -0.05) is 30.3 Å². The van der Waals surface area contributed by atoms with Gasteiger partial charge in [0.05, 0.1) is 19.8 Å². The Morgan fingerprint density at radius 2 is 1.97 bits per heavy atom. The van der Waals surface area contributed by atoms with Crippen LogP contribution in [0.15, 0.2) is 54.6 Å². The smallest absolute Gasteiger partial charge is 0.0653 e. The largest absolute Gasteiger partial charge is 0.395 e. The predicted molar refractivity (Wildman–Crippen MR) is 118 cm³/mol. The van der Waals surface area contributed by atoms with E-state index in [0.717, 1.165) is 32.5 Å². The van der Waals surface area contributed by atoms with Gasteiger partial charge in [0.1, 0.15) is 0 Å². The zero-order valence-electron chi connectivity index (χ0n) is 16.7. The van der Waals surface area contributed by atoms with E-state index < -0.39 is 0 Å². The van der Waals surface area contributed by atoms with Gasteiger partial charge in [-0.2, -0.15) is 0 Å². The summed E-state index contributed by atoms with van der Waals surface area (Å²) < 4.78 is 5.45. The van der Waals surface area contributed by atoms with E-state index in [0.29, 0.717) is 12.6 Å². The number of ether oxygens (including phenoxy) is 1. The molecule has 1 aromatic heterocycles. The summed E-state index contributed by atoms with van der Waals surface area (Å²) in [7, 11) is 0. The lowest BCUT2D eigenvalue weighted by Crippen LogP contribution is -2.31. The molecule has 0 aliphatic carbocycles. The highest BCUT2D eigenvalue weighted by molar-refractivity contribution is 5.86. The first-order valence-electron chi connectivity index (χ1n) is 10.6. The number of hydrogen-bond acceptors (Lipinski definition) is 3. The summed E-state index contributed by atoms with van der Waals surface area (Å²) in [6, 6.07) is 18.1. The lowest BCUT2D eigenvalue weighted by Gasteiger charge is -2.21. The first-order chi connectivity index (χ1) is 14.3. The van der Waals surface area contributed by atoms with Crippen LogP contribution >= 0.6 is 0 Å². The minimum Gasteiger partial charge on any atom is -0.395 e. The molecule has 2 N–H and O–H groups in total. The highest BCUT2D eigenvalue weighted by Gasteiger charge is 2.24. The molecule has 0 bridgehead atoms. The molecule has 1 atom stereocenters. The zero-order valence-corrected chi connectivity index (χ0v) is 16.7. The van der Waals surface area contributed by atoms with Gasteiger partial charge in [0.25, 0.3) is 0 Å². The Balaban J connectivity index is 1.41. The lowest BCUT2D eigenvalue weighted by molar-refractivity contribution is 0.152. The third kappa shape index (κ3) is 3.88. The van der Waals surface area contributed by atoms with Crippen molar-refractivity contribution in [3.63, 3.8) is 0 Å². The second-order valence-corrected chi connectivity index (χ2v) is 8.18. The number of benzene rings is 2. The van der Waals surface area contributed by atoms with Gasteiger partial charge in [-0.25, -0.2) is 0 Å². The second-order valence-electron chi connectivity index (χ2n) is 8.18. The number of aromatic nitrogens is 1. The molecular formula is C25H28N2O2. The Hall–Kier alpha value is -2.40. The summed E-state index contributed by atoms with van der Waals surface area (Å²) in [5.74, 6) is 0. The highest BCUT2D eigenvalue weighted by Crippen LogP contribution is 2.29. The molecule has 3 heterocycles. The molecule has 150 valence electrons. The predicted octanol–water partition coefficient (Wildman–Crippen LogP) is 4.60. The van der Waals surface area contributed by atoms with Crippen LogP contribution < -0.4 is 0 Å². The summed E-state index contributed by atoms with van der Waals surface area (Å²) in [6.45, 7) is 3.72. The van der Waals surface area contributed by atoms with E-state index in [1.54, 1.807) is 0 Å². The number of hydrogen-bond donors (Lipinski definition) is 2. The van der Waals surface area contributed by atoms with Gasteiger partial charge < -0.3 is 14.8 Å². The van der Waals surface area contributed by atoms with Crippen molar-refractivity contribution in [2.75, 3.05) is 26.4 Å². The monoisotopic (exact) mass is 388 g/mol. The van der Waals surface area contributed by atoms with Crippen molar-refractivity contribution in [2.24, 2.45) is 0 Å². The van der Waals surface area contributed by atoms with Crippen LogP contribution in [0.2, 0.25) is 0 Å². The van der Waals surface area contributed by atoms with Crippen molar-refractivity contribution in [1.82, 2.24) is 9.88 Å². The van der Waals surface area contributed by atoms with Crippen molar-refractivity contribution >= 4 is 16.5 Å². The van der Waals surface area contributed by atoms with E-state index >= 15 is 0 Å². The van der Waals surface area contributed by atoms with Gasteiger partial charge in [-0.15, -0.1) is 0 Å². The van der Waals surface area contributed by atoms with Crippen molar-refractivity contribution in [3.8, 4) is 11.1 Å². The second kappa shape index (κ2) is 8.15. The molecule has 1 fully saturated rings. The van der Waals surface area contributed by atoms with E-state index in [9.17, 15) is 5.11 Å². The van der Waals surface area contributed by atoms with E-state index in [4.69, 9.17) is 4.74 Å². The van der Waals surface area contributed by atoms with Crippen molar-refractivity contribution in [1.29, 1.82) is 0 Å². The number of likely N-dealkylation sites (tertiary alicyclic amines) is 1. The minimum absolute atomic E-state index is 0.253. The molecule has 29 heavy (non-hydrogen) atoms. The molecule has 4 heteroatoms. The first kappa shape index (κ1) is 18.6. The van der Waals surface area contributed by atoms with Crippen molar-refractivity contribution < 1.29 is 9.84 Å². The van der Waals surface area contributed by atoms with Gasteiger partial charge >= 0.3 is 0 Å². The maximum absolute atomic E-state index is 9.57. The number of fused-ring (bicyclic) bond motifs is 1. The molecule has 0 unspecified atom stereocenters. The Bertz CT molecular complexity index is 1040. The standard InChI is InChI=1S/C25H28N2O2/c28-17-24-5-2-10-27(24)16-23-15-22-14-21(6-7-25(22)26-23)20-4-1-3-19(13-20)18-8-11-29-12-9-18/h1,3-4,6-8,13-15,24,26,28H,2,5,9-12,16-17H2/t24-/m1/s1. The van der Waals surface area contributed by atoms with Crippen LogP contribution in [0, 0.1) is 0 Å². The molecule has 0 spiro atoms. The maximum Gasteiger partial charge on any atom is 0.0653 e. The topological polar surface area (TPSA) is 48.5 Å². The fourth-order valence-corrected chi connectivity index (χ4v) is 4.67. The van der Waals surface area contributed by atoms with E-state index in [1.807, 2.05) is 0 Å². The number of nitrogens with zero attached hydrogens (tertiary/aromatic N) is 1. The number of H-pyrrole nitrogens is 1. The van der Waals surface area contributed by atoms with Crippen LogP contribution in [0.4, 0.5) is 0 Å². The summed E-state index contributed by atoms with van der Waals surface area (Å²) in [6.07, 6.45) is 5.45. The molecule has 0 saturated carbocycles. The Morgan fingerprint density at radius 3 is 2.83 bits per heavy atom. The van der Waals surface area contributed by atoms with Crippen LogP contribution in [-0.2, 0) is 11.3 Å². The average Bonchev–Trinajstić information content (AvgIpc) is 3.40. The Kier molecular flexibility index (Phi) is 5.23. The number of nitrogens with one attached hydrogen (secondary N) is 1. The molecule has 3 aromatic rings. The normalized spacial score (nSPS) is 20.3. The summed E-state index contributed by atoms with van der Waals surface area (Å²) in [5.41, 5.74) is 7.56. The van der Waals surface area contributed by atoms with Crippen LogP contribution in [0.3, 0.4) is 0 Å². The van der Waals surface area contributed by atoms with Gasteiger partial charge in [0.15, 0.2) is 0 Å². The molecule has 4 nitrogen and oxygen atoms in total.